The number of ether oxygens (including phenoxy) is 1. The van der Waals surface area contributed by atoms with E-state index >= 15 is 0 Å². The van der Waals surface area contributed by atoms with E-state index in [0.29, 0.717) is 5.88 Å². The second kappa shape index (κ2) is 6.52. The number of aromatic nitrogens is 3. The lowest BCUT2D eigenvalue weighted by atomic mass is 9.70. The number of hydrogen-bond acceptors (Lipinski definition) is 3. The molecular formula is C24H25F2N3O2. The van der Waals surface area contributed by atoms with Crippen molar-refractivity contribution in [3.63, 3.8) is 0 Å². The van der Waals surface area contributed by atoms with Crippen LogP contribution in [0.5, 0.6) is 5.88 Å². The molecule has 2 aliphatic carbocycles. The van der Waals surface area contributed by atoms with Crippen LogP contribution in [-0.2, 0) is 12.0 Å². The van der Waals surface area contributed by atoms with Crippen LogP contribution in [0.2, 0.25) is 0 Å². The predicted molar refractivity (Wildman–Crippen MR) is 113 cm³/mol. The average molecular weight is 425 g/mol. The molecule has 0 radical (unpaired) electrons. The summed E-state index contributed by atoms with van der Waals surface area (Å²) in [5.41, 5.74) is 1.97. The van der Waals surface area contributed by atoms with Crippen LogP contribution in [-0.4, -0.2) is 21.5 Å². The molecule has 0 spiro atoms. The fraction of sp³-hybridized carbons (Fsp3) is 0.417. The highest BCUT2D eigenvalue weighted by Gasteiger charge is 2.62. The Morgan fingerprint density at radius 2 is 2.00 bits per heavy atom. The first kappa shape index (κ1) is 20.0. The number of nitrogens with zero attached hydrogens (tertiary/aromatic N) is 3. The Labute approximate surface area is 179 Å². The molecule has 2 aromatic heterocycles. The van der Waals surface area contributed by atoms with Crippen molar-refractivity contribution < 1.29 is 13.5 Å². The molecule has 2 bridgehead atoms. The maximum absolute atomic E-state index is 14.9. The Morgan fingerprint density at radius 1 is 1.23 bits per heavy atom. The minimum atomic E-state index is -0.769. The third-order valence-electron chi connectivity index (χ3n) is 7.78. The van der Waals surface area contributed by atoms with Crippen LogP contribution in [0.4, 0.5) is 8.78 Å². The van der Waals surface area contributed by atoms with Gasteiger partial charge >= 0.3 is 0 Å². The molecule has 162 valence electrons. The Bertz CT molecular complexity index is 1260. The molecule has 2 aliphatic rings. The van der Waals surface area contributed by atoms with Crippen molar-refractivity contribution in [2.45, 2.75) is 51.5 Å². The molecule has 1 saturated carbocycles. The third-order valence-corrected chi connectivity index (χ3v) is 7.78. The summed E-state index contributed by atoms with van der Waals surface area (Å²) in [6.45, 7) is 6.90. The van der Waals surface area contributed by atoms with Gasteiger partial charge in [-0.3, -0.25) is 9.48 Å². The number of benzene rings is 1. The quantitative estimate of drug-likeness (QED) is 0.617. The van der Waals surface area contributed by atoms with Crippen LogP contribution in [0.15, 0.2) is 41.3 Å². The topological polar surface area (TPSA) is 49.1 Å². The molecule has 0 saturated heterocycles. The summed E-state index contributed by atoms with van der Waals surface area (Å²) in [5.74, 6) is -0.889. The van der Waals surface area contributed by atoms with Crippen molar-refractivity contribution in [2.24, 2.45) is 5.41 Å². The van der Waals surface area contributed by atoms with Crippen molar-refractivity contribution >= 4 is 0 Å². The summed E-state index contributed by atoms with van der Waals surface area (Å²) in [5, 5.41) is 0. The standard InChI is InChI=1S/C24H25F2N3O2/c1-23(2)16-9-10-24(23,3)20-19(16)22(30)29(18-8-7-15(25)12-17(18)26)28(20)13-14-6-5-11-27-21(14)31-4/h5-8,11-12,16H,9-10,13H2,1-4H3/t16?,24-/m1/s1. The van der Waals surface area contributed by atoms with E-state index < -0.39 is 11.6 Å². The van der Waals surface area contributed by atoms with Gasteiger partial charge in [0, 0.05) is 28.8 Å². The van der Waals surface area contributed by atoms with Crippen LogP contribution in [0, 0.1) is 17.0 Å². The highest BCUT2D eigenvalue weighted by atomic mass is 19.1. The van der Waals surface area contributed by atoms with Crippen LogP contribution in [0.25, 0.3) is 5.69 Å². The number of hydrogen-bond donors (Lipinski definition) is 0. The normalized spacial score (nSPS) is 23.2. The second-order valence-electron chi connectivity index (χ2n) is 9.35. The lowest BCUT2D eigenvalue weighted by Gasteiger charge is -2.36. The summed E-state index contributed by atoms with van der Waals surface area (Å²) >= 11 is 0. The van der Waals surface area contributed by atoms with Gasteiger partial charge in [0.2, 0.25) is 5.88 Å². The first-order valence-electron chi connectivity index (χ1n) is 10.5. The summed E-state index contributed by atoms with van der Waals surface area (Å²) in [7, 11) is 1.55. The zero-order valence-electron chi connectivity index (χ0n) is 18.1. The molecule has 3 aromatic rings. The maximum atomic E-state index is 14.9. The lowest BCUT2D eigenvalue weighted by molar-refractivity contribution is 0.216. The van der Waals surface area contributed by atoms with Gasteiger partial charge in [-0.05, 0) is 42.4 Å². The third kappa shape index (κ3) is 2.52. The minimum absolute atomic E-state index is 0.0458. The molecule has 1 unspecified atom stereocenters. The SMILES string of the molecule is COc1ncccc1Cn1c2c(c(=O)n1-c1ccc(F)cc1F)C1CC[C@@]2(C)C1(C)C. The first-order valence-corrected chi connectivity index (χ1v) is 10.5. The molecule has 1 fully saturated rings. The summed E-state index contributed by atoms with van der Waals surface area (Å²) in [6.07, 6.45) is 3.52. The number of halogens is 2. The molecule has 2 heterocycles. The number of pyridine rings is 1. The number of rotatable bonds is 4. The average Bonchev–Trinajstić information content (AvgIpc) is 3.21. The molecule has 0 aliphatic heterocycles. The van der Waals surface area contributed by atoms with Gasteiger partial charge in [0.05, 0.1) is 19.3 Å². The van der Waals surface area contributed by atoms with Crippen LogP contribution in [0.3, 0.4) is 0 Å². The Hall–Kier alpha value is -2.96. The molecule has 31 heavy (non-hydrogen) atoms. The van der Waals surface area contributed by atoms with E-state index in [9.17, 15) is 13.6 Å². The summed E-state index contributed by atoms with van der Waals surface area (Å²) in [6, 6.07) is 7.01. The number of methoxy groups -OCH3 is 1. The highest BCUT2D eigenvalue weighted by molar-refractivity contribution is 5.48. The van der Waals surface area contributed by atoms with Crippen LogP contribution < -0.4 is 10.3 Å². The van der Waals surface area contributed by atoms with Crippen molar-refractivity contribution in [3.05, 3.63) is 75.3 Å². The molecule has 1 aromatic carbocycles. The Morgan fingerprint density at radius 3 is 2.71 bits per heavy atom. The largest absolute Gasteiger partial charge is 0.481 e. The fourth-order valence-corrected chi connectivity index (χ4v) is 5.82. The molecule has 2 atom stereocenters. The molecule has 5 nitrogen and oxygen atoms in total. The number of fused-ring (bicyclic) bond motifs is 5. The van der Waals surface area contributed by atoms with E-state index in [1.165, 1.54) is 16.8 Å². The van der Waals surface area contributed by atoms with Crippen molar-refractivity contribution in [1.82, 2.24) is 14.3 Å². The maximum Gasteiger partial charge on any atom is 0.275 e. The van der Waals surface area contributed by atoms with E-state index in [2.05, 4.69) is 25.8 Å². The Kier molecular flexibility index (Phi) is 4.20. The van der Waals surface area contributed by atoms with Gasteiger partial charge in [0.15, 0.2) is 5.82 Å². The fourth-order valence-electron chi connectivity index (χ4n) is 5.82. The smallest absolute Gasteiger partial charge is 0.275 e. The van der Waals surface area contributed by atoms with Crippen molar-refractivity contribution in [1.29, 1.82) is 0 Å². The van der Waals surface area contributed by atoms with E-state index in [1.54, 1.807) is 19.4 Å². The van der Waals surface area contributed by atoms with Crippen LogP contribution in [0.1, 0.15) is 56.4 Å². The van der Waals surface area contributed by atoms with Gasteiger partial charge in [-0.25, -0.2) is 18.4 Å². The van der Waals surface area contributed by atoms with Crippen LogP contribution >= 0.6 is 0 Å². The molecular weight excluding hydrogens is 400 g/mol. The molecule has 5 rings (SSSR count). The van der Waals surface area contributed by atoms with Gasteiger partial charge in [-0.1, -0.05) is 26.8 Å². The van der Waals surface area contributed by atoms with Gasteiger partial charge in [0.25, 0.3) is 5.56 Å². The van der Waals surface area contributed by atoms with E-state index in [4.69, 9.17) is 4.74 Å². The second-order valence-corrected chi connectivity index (χ2v) is 9.35. The zero-order chi connectivity index (χ0) is 22.1. The molecule has 0 N–H and O–H groups in total. The van der Waals surface area contributed by atoms with Gasteiger partial charge in [-0.2, -0.15) is 0 Å². The molecule has 7 heteroatoms. The summed E-state index contributed by atoms with van der Waals surface area (Å²) in [4.78, 5) is 18.0. The summed E-state index contributed by atoms with van der Waals surface area (Å²) < 4.78 is 37.1. The zero-order valence-corrected chi connectivity index (χ0v) is 18.1. The lowest BCUT2D eigenvalue weighted by Crippen LogP contribution is -2.36. The molecule has 0 amide bonds. The predicted octanol–water partition coefficient (Wildman–Crippen LogP) is 4.54. The van der Waals surface area contributed by atoms with Gasteiger partial charge in [0.1, 0.15) is 11.5 Å². The van der Waals surface area contributed by atoms with E-state index in [-0.39, 0.29) is 34.5 Å². The van der Waals surface area contributed by atoms with Gasteiger partial charge < -0.3 is 4.74 Å². The first-order chi connectivity index (χ1) is 14.7. The Balaban J connectivity index is 1.81. The van der Waals surface area contributed by atoms with Crippen molar-refractivity contribution in [3.8, 4) is 11.6 Å². The highest BCUT2D eigenvalue weighted by Crippen LogP contribution is 2.67. The van der Waals surface area contributed by atoms with Gasteiger partial charge in [-0.15, -0.1) is 0 Å². The van der Waals surface area contributed by atoms with E-state index in [0.717, 1.165) is 35.7 Å². The van der Waals surface area contributed by atoms with E-state index in [1.807, 2.05) is 10.7 Å². The minimum Gasteiger partial charge on any atom is -0.481 e. The monoisotopic (exact) mass is 425 g/mol. The van der Waals surface area contributed by atoms with Crippen molar-refractivity contribution in [2.75, 3.05) is 7.11 Å².